The second kappa shape index (κ2) is 11.1. The van der Waals surface area contributed by atoms with Crippen LogP contribution >= 0.6 is 0 Å². The number of imidazole rings is 1. The van der Waals surface area contributed by atoms with Gasteiger partial charge in [-0.15, -0.1) is 0 Å². The standard InChI is InChI=1S/C30H33N3O6/c1-35-22-11-6-9-19(15-22)27-23-12-7-13-26(38-4)33(23)29(31-27)20-10-8-14-32(18-20)30(34)21-16-24(36-2)28(39-5)25(17-21)37-3/h6-7,9,11-13,15-17,20H,8,10,14,18H2,1-5H3. The maximum absolute atomic E-state index is 13.7. The molecule has 0 spiro atoms. The molecule has 3 heterocycles. The second-order valence-corrected chi connectivity index (χ2v) is 9.34. The number of hydrogen-bond donors (Lipinski definition) is 0. The van der Waals surface area contributed by atoms with Gasteiger partial charge >= 0.3 is 0 Å². The molecular formula is C30H33N3O6. The summed E-state index contributed by atoms with van der Waals surface area (Å²) >= 11 is 0. The van der Waals surface area contributed by atoms with Crippen LogP contribution in [0.2, 0.25) is 0 Å². The number of benzene rings is 2. The zero-order chi connectivity index (χ0) is 27.5. The van der Waals surface area contributed by atoms with Gasteiger partial charge in [0.25, 0.3) is 5.91 Å². The van der Waals surface area contributed by atoms with Gasteiger partial charge in [0.1, 0.15) is 11.6 Å². The smallest absolute Gasteiger partial charge is 0.254 e. The lowest BCUT2D eigenvalue weighted by atomic mass is 9.96. The van der Waals surface area contributed by atoms with Crippen molar-refractivity contribution in [1.82, 2.24) is 14.3 Å². The molecule has 1 atom stereocenters. The number of hydrogen-bond acceptors (Lipinski definition) is 7. The fraction of sp³-hybridized carbons (Fsp3) is 0.333. The van der Waals surface area contributed by atoms with Crippen molar-refractivity contribution in [2.75, 3.05) is 48.6 Å². The fourth-order valence-electron chi connectivity index (χ4n) is 5.31. The summed E-state index contributed by atoms with van der Waals surface area (Å²) in [6, 6.07) is 17.2. The van der Waals surface area contributed by atoms with Crippen molar-refractivity contribution in [1.29, 1.82) is 0 Å². The Morgan fingerprint density at radius 2 is 1.62 bits per heavy atom. The zero-order valence-corrected chi connectivity index (χ0v) is 22.9. The van der Waals surface area contributed by atoms with Crippen LogP contribution in [0.25, 0.3) is 16.8 Å². The Hall–Kier alpha value is -4.40. The van der Waals surface area contributed by atoms with E-state index in [1.54, 1.807) is 47.7 Å². The van der Waals surface area contributed by atoms with Crippen molar-refractivity contribution < 1.29 is 28.5 Å². The minimum absolute atomic E-state index is 0.00731. The van der Waals surface area contributed by atoms with Gasteiger partial charge in [-0.3, -0.25) is 9.20 Å². The van der Waals surface area contributed by atoms with Crippen molar-refractivity contribution in [3.8, 4) is 40.1 Å². The third-order valence-electron chi connectivity index (χ3n) is 7.19. The van der Waals surface area contributed by atoms with E-state index in [9.17, 15) is 4.79 Å². The van der Waals surface area contributed by atoms with E-state index in [-0.39, 0.29) is 11.8 Å². The first-order chi connectivity index (χ1) is 19.0. The van der Waals surface area contributed by atoms with Crippen LogP contribution in [0.4, 0.5) is 0 Å². The molecule has 39 heavy (non-hydrogen) atoms. The molecule has 204 valence electrons. The SMILES string of the molecule is COc1cccc(-c2nc(C3CCCN(C(=O)c4cc(OC)c(OC)c(OC)c4)C3)n3c(OC)cccc23)c1. The number of pyridine rings is 1. The van der Waals surface area contributed by atoms with E-state index in [4.69, 9.17) is 28.7 Å². The van der Waals surface area contributed by atoms with Crippen molar-refractivity contribution in [2.45, 2.75) is 18.8 Å². The lowest BCUT2D eigenvalue weighted by Crippen LogP contribution is -2.39. The lowest BCUT2D eigenvalue weighted by Gasteiger charge is -2.32. The number of fused-ring (bicyclic) bond motifs is 1. The molecule has 9 heteroatoms. The van der Waals surface area contributed by atoms with E-state index < -0.39 is 0 Å². The Balaban J connectivity index is 1.53. The monoisotopic (exact) mass is 531 g/mol. The largest absolute Gasteiger partial charge is 0.497 e. The molecular weight excluding hydrogens is 498 g/mol. The van der Waals surface area contributed by atoms with Gasteiger partial charge in [-0.25, -0.2) is 4.98 Å². The number of rotatable bonds is 8. The number of ether oxygens (including phenoxy) is 5. The quantitative estimate of drug-likeness (QED) is 0.314. The number of aromatic nitrogens is 2. The first-order valence-corrected chi connectivity index (χ1v) is 12.8. The molecule has 1 unspecified atom stereocenters. The molecule has 1 fully saturated rings. The number of carbonyl (C=O) groups is 1. The highest BCUT2D eigenvalue weighted by atomic mass is 16.5. The summed E-state index contributed by atoms with van der Waals surface area (Å²) in [4.78, 5) is 20.7. The van der Waals surface area contributed by atoms with Gasteiger partial charge in [0, 0.05) is 30.1 Å². The molecule has 2 aromatic carbocycles. The van der Waals surface area contributed by atoms with Crippen molar-refractivity contribution in [2.24, 2.45) is 0 Å². The number of amides is 1. The van der Waals surface area contributed by atoms with E-state index in [0.717, 1.165) is 41.2 Å². The summed E-state index contributed by atoms with van der Waals surface area (Å²) in [5.74, 6) is 3.57. The van der Waals surface area contributed by atoms with Crippen molar-refractivity contribution >= 4 is 11.4 Å². The van der Waals surface area contributed by atoms with Crippen molar-refractivity contribution in [3.63, 3.8) is 0 Å². The van der Waals surface area contributed by atoms with E-state index in [1.165, 1.54) is 0 Å². The molecule has 0 radical (unpaired) electrons. The Labute approximate surface area is 227 Å². The van der Waals surface area contributed by atoms with Gasteiger partial charge in [0.2, 0.25) is 5.75 Å². The normalized spacial score (nSPS) is 15.2. The number of piperidine rings is 1. The maximum atomic E-state index is 13.7. The van der Waals surface area contributed by atoms with Crippen molar-refractivity contribution in [3.05, 3.63) is 66.0 Å². The average Bonchev–Trinajstić information content (AvgIpc) is 3.40. The van der Waals surface area contributed by atoms with E-state index in [0.29, 0.717) is 41.8 Å². The van der Waals surface area contributed by atoms with Gasteiger partial charge in [0.05, 0.1) is 46.8 Å². The third-order valence-corrected chi connectivity index (χ3v) is 7.19. The Morgan fingerprint density at radius 3 is 2.28 bits per heavy atom. The van der Waals surface area contributed by atoms with Crippen LogP contribution in [-0.2, 0) is 0 Å². The molecule has 5 rings (SSSR count). The second-order valence-electron chi connectivity index (χ2n) is 9.34. The van der Waals surface area contributed by atoms with Gasteiger partial charge in [0.15, 0.2) is 17.4 Å². The molecule has 2 aromatic heterocycles. The molecule has 0 saturated carbocycles. The fourth-order valence-corrected chi connectivity index (χ4v) is 5.31. The number of carbonyl (C=O) groups excluding carboxylic acids is 1. The first-order valence-electron chi connectivity index (χ1n) is 12.8. The van der Waals surface area contributed by atoms with Gasteiger partial charge in [-0.05, 0) is 49.2 Å². The molecule has 0 aliphatic carbocycles. The first kappa shape index (κ1) is 26.2. The van der Waals surface area contributed by atoms with Crippen LogP contribution in [0.1, 0.15) is 34.9 Å². The van der Waals surface area contributed by atoms with E-state index >= 15 is 0 Å². The summed E-state index contributed by atoms with van der Waals surface area (Å²) in [6.07, 6.45) is 1.74. The molecule has 4 aromatic rings. The summed E-state index contributed by atoms with van der Waals surface area (Å²) in [5.41, 5.74) is 3.21. The molecule has 9 nitrogen and oxygen atoms in total. The molecule has 0 bridgehead atoms. The van der Waals surface area contributed by atoms with E-state index in [1.807, 2.05) is 47.4 Å². The summed E-state index contributed by atoms with van der Waals surface area (Å²) in [5, 5.41) is 0. The topological polar surface area (TPSA) is 83.8 Å². The van der Waals surface area contributed by atoms with Gasteiger partial charge in [-0.2, -0.15) is 0 Å². The average molecular weight is 532 g/mol. The number of methoxy groups -OCH3 is 5. The molecule has 1 saturated heterocycles. The molecule has 1 aliphatic heterocycles. The number of likely N-dealkylation sites (tertiary alicyclic amines) is 1. The number of nitrogens with zero attached hydrogens (tertiary/aromatic N) is 3. The van der Waals surface area contributed by atoms with Crippen LogP contribution in [-0.4, -0.2) is 68.8 Å². The van der Waals surface area contributed by atoms with E-state index in [2.05, 4.69) is 4.40 Å². The predicted molar refractivity (Wildman–Crippen MR) is 148 cm³/mol. The third kappa shape index (κ3) is 4.80. The zero-order valence-electron chi connectivity index (χ0n) is 22.9. The van der Waals surface area contributed by atoms with Crippen LogP contribution in [0.3, 0.4) is 0 Å². The maximum Gasteiger partial charge on any atom is 0.254 e. The highest BCUT2D eigenvalue weighted by Gasteiger charge is 2.31. The molecule has 1 aliphatic rings. The van der Waals surface area contributed by atoms with Gasteiger partial charge in [-0.1, -0.05) is 18.2 Å². The summed E-state index contributed by atoms with van der Waals surface area (Å²) < 4.78 is 29.6. The summed E-state index contributed by atoms with van der Waals surface area (Å²) in [7, 11) is 7.93. The molecule has 1 amide bonds. The molecule has 0 N–H and O–H groups in total. The Bertz CT molecular complexity index is 1470. The Morgan fingerprint density at radius 1 is 0.872 bits per heavy atom. The van der Waals surface area contributed by atoms with Crippen LogP contribution in [0.15, 0.2) is 54.6 Å². The van der Waals surface area contributed by atoms with Gasteiger partial charge < -0.3 is 28.6 Å². The van der Waals surface area contributed by atoms with Crippen LogP contribution in [0, 0.1) is 0 Å². The van der Waals surface area contributed by atoms with Crippen LogP contribution in [0.5, 0.6) is 28.9 Å². The lowest BCUT2D eigenvalue weighted by molar-refractivity contribution is 0.0703. The highest BCUT2D eigenvalue weighted by molar-refractivity contribution is 5.95. The minimum atomic E-state index is -0.0974. The Kier molecular flexibility index (Phi) is 7.49. The highest BCUT2D eigenvalue weighted by Crippen LogP contribution is 2.40. The van der Waals surface area contributed by atoms with Crippen LogP contribution < -0.4 is 23.7 Å². The summed E-state index contributed by atoms with van der Waals surface area (Å²) in [6.45, 7) is 1.17. The predicted octanol–water partition coefficient (Wildman–Crippen LogP) is 5.06. The minimum Gasteiger partial charge on any atom is -0.497 e.